The molecule has 1 rings (SSSR count). The predicted molar refractivity (Wildman–Crippen MR) is 94.4 cm³/mol. The monoisotopic (exact) mass is 359 g/mol. The topological polar surface area (TPSA) is 45.7 Å². The van der Waals surface area contributed by atoms with E-state index in [9.17, 15) is 13.2 Å². The summed E-state index contributed by atoms with van der Waals surface area (Å²) in [5, 5.41) is 6.48. The van der Waals surface area contributed by atoms with Crippen molar-refractivity contribution in [2.75, 3.05) is 19.7 Å². The largest absolute Gasteiger partial charge is 0.411 e. The number of alkyl halides is 3. The number of halogens is 3. The van der Waals surface area contributed by atoms with Gasteiger partial charge in [0.1, 0.15) is 6.61 Å². The van der Waals surface area contributed by atoms with Gasteiger partial charge in [-0.05, 0) is 30.4 Å². The van der Waals surface area contributed by atoms with Gasteiger partial charge in [-0.1, -0.05) is 38.1 Å². The van der Waals surface area contributed by atoms with Gasteiger partial charge in [-0.15, -0.1) is 0 Å². The molecule has 0 aliphatic carbocycles. The standard InChI is InChI=1S/C18H28F3N3O/c1-4-22-17(23-10-9-14(2)3)24-11-15-5-7-16(8-6-15)12-25-13-18(19,20)21/h5-8,14H,4,9-13H2,1-3H3,(H2,22,23,24). The highest BCUT2D eigenvalue weighted by atomic mass is 19.4. The average molecular weight is 359 g/mol. The number of rotatable bonds is 9. The van der Waals surface area contributed by atoms with E-state index in [1.165, 1.54) is 0 Å². The van der Waals surface area contributed by atoms with Crippen LogP contribution in [0.4, 0.5) is 13.2 Å². The van der Waals surface area contributed by atoms with Gasteiger partial charge < -0.3 is 15.4 Å². The molecule has 0 fully saturated rings. The van der Waals surface area contributed by atoms with Gasteiger partial charge in [-0.3, -0.25) is 0 Å². The highest BCUT2D eigenvalue weighted by Gasteiger charge is 2.27. The van der Waals surface area contributed by atoms with Crippen LogP contribution in [0.1, 0.15) is 38.3 Å². The van der Waals surface area contributed by atoms with Crippen molar-refractivity contribution in [3.8, 4) is 0 Å². The molecule has 0 spiro atoms. The van der Waals surface area contributed by atoms with Crippen LogP contribution < -0.4 is 10.6 Å². The van der Waals surface area contributed by atoms with Crippen LogP contribution in [0.5, 0.6) is 0 Å². The molecule has 7 heteroatoms. The van der Waals surface area contributed by atoms with Crippen LogP contribution in [0.2, 0.25) is 0 Å². The van der Waals surface area contributed by atoms with Gasteiger partial charge >= 0.3 is 6.18 Å². The van der Waals surface area contributed by atoms with Crippen LogP contribution in [0.25, 0.3) is 0 Å². The first-order chi connectivity index (χ1) is 11.8. The second-order valence-electron chi connectivity index (χ2n) is 6.23. The molecule has 0 bridgehead atoms. The zero-order valence-electron chi connectivity index (χ0n) is 15.1. The highest BCUT2D eigenvalue weighted by Crippen LogP contribution is 2.16. The molecule has 0 aromatic heterocycles. The molecular formula is C18H28F3N3O. The minimum atomic E-state index is -4.29. The van der Waals surface area contributed by atoms with Crippen molar-refractivity contribution in [3.63, 3.8) is 0 Å². The zero-order chi connectivity index (χ0) is 18.7. The smallest absolute Gasteiger partial charge is 0.367 e. The lowest BCUT2D eigenvalue weighted by Crippen LogP contribution is -2.38. The number of hydrogen-bond acceptors (Lipinski definition) is 2. The summed E-state index contributed by atoms with van der Waals surface area (Å²) in [6.07, 6.45) is -3.23. The third kappa shape index (κ3) is 10.7. The Morgan fingerprint density at radius 3 is 2.32 bits per heavy atom. The Bertz CT molecular complexity index is 513. The van der Waals surface area contributed by atoms with Crippen molar-refractivity contribution < 1.29 is 17.9 Å². The minimum absolute atomic E-state index is 0.0531. The maximum atomic E-state index is 12.0. The summed E-state index contributed by atoms with van der Waals surface area (Å²) in [4.78, 5) is 4.52. The van der Waals surface area contributed by atoms with Crippen molar-refractivity contribution in [1.29, 1.82) is 0 Å². The Labute approximate surface area is 147 Å². The Kier molecular flexibility index (Phi) is 9.34. The van der Waals surface area contributed by atoms with Gasteiger partial charge in [0.05, 0.1) is 13.2 Å². The van der Waals surface area contributed by atoms with E-state index in [1.807, 2.05) is 19.1 Å². The molecule has 1 aromatic carbocycles. The van der Waals surface area contributed by atoms with E-state index >= 15 is 0 Å². The maximum absolute atomic E-state index is 12.0. The molecule has 0 aliphatic rings. The Morgan fingerprint density at radius 1 is 1.12 bits per heavy atom. The molecule has 142 valence electrons. The number of benzene rings is 1. The molecule has 0 unspecified atom stereocenters. The summed E-state index contributed by atoms with van der Waals surface area (Å²) in [5.41, 5.74) is 1.69. The lowest BCUT2D eigenvalue weighted by atomic mass is 10.1. The molecule has 0 saturated carbocycles. The highest BCUT2D eigenvalue weighted by molar-refractivity contribution is 5.79. The average Bonchev–Trinajstić information content (AvgIpc) is 2.52. The fourth-order valence-corrected chi connectivity index (χ4v) is 2.02. The van der Waals surface area contributed by atoms with Crippen LogP contribution in [0.15, 0.2) is 29.3 Å². The molecule has 25 heavy (non-hydrogen) atoms. The first-order valence-electron chi connectivity index (χ1n) is 8.54. The van der Waals surface area contributed by atoms with E-state index in [0.29, 0.717) is 18.0 Å². The van der Waals surface area contributed by atoms with Crippen LogP contribution in [0.3, 0.4) is 0 Å². The van der Waals surface area contributed by atoms with Crippen molar-refractivity contribution >= 4 is 5.96 Å². The molecule has 0 radical (unpaired) electrons. The summed E-state index contributed by atoms with van der Waals surface area (Å²) >= 11 is 0. The summed E-state index contributed by atoms with van der Waals surface area (Å²) < 4.78 is 40.8. The van der Waals surface area contributed by atoms with E-state index in [0.717, 1.165) is 31.0 Å². The Morgan fingerprint density at radius 2 is 1.76 bits per heavy atom. The molecule has 4 nitrogen and oxygen atoms in total. The third-order valence-electron chi connectivity index (χ3n) is 3.34. The van der Waals surface area contributed by atoms with Gasteiger partial charge in [0.15, 0.2) is 5.96 Å². The van der Waals surface area contributed by atoms with Gasteiger partial charge in [-0.2, -0.15) is 13.2 Å². The van der Waals surface area contributed by atoms with Crippen LogP contribution in [0, 0.1) is 5.92 Å². The van der Waals surface area contributed by atoms with Crippen LogP contribution in [-0.2, 0) is 17.9 Å². The van der Waals surface area contributed by atoms with Crippen molar-refractivity contribution in [3.05, 3.63) is 35.4 Å². The lowest BCUT2D eigenvalue weighted by molar-refractivity contribution is -0.176. The fraction of sp³-hybridized carbons (Fsp3) is 0.611. The second kappa shape index (κ2) is 11.0. The van der Waals surface area contributed by atoms with Crippen molar-refractivity contribution in [2.45, 2.75) is 46.5 Å². The molecule has 2 N–H and O–H groups in total. The van der Waals surface area contributed by atoms with Gasteiger partial charge in [0, 0.05) is 13.1 Å². The first-order valence-corrected chi connectivity index (χ1v) is 8.54. The number of hydrogen-bond donors (Lipinski definition) is 2. The molecule has 0 saturated heterocycles. The fourth-order valence-electron chi connectivity index (χ4n) is 2.02. The van der Waals surface area contributed by atoms with Crippen molar-refractivity contribution in [2.24, 2.45) is 10.9 Å². The second-order valence-corrected chi connectivity index (χ2v) is 6.23. The molecule has 1 aromatic rings. The van der Waals surface area contributed by atoms with Crippen LogP contribution >= 0.6 is 0 Å². The summed E-state index contributed by atoms with van der Waals surface area (Å²) in [7, 11) is 0. The lowest BCUT2D eigenvalue weighted by Gasteiger charge is -2.12. The number of guanidine groups is 1. The van der Waals surface area contributed by atoms with E-state index < -0.39 is 12.8 Å². The number of nitrogens with zero attached hydrogens (tertiary/aromatic N) is 1. The van der Waals surface area contributed by atoms with E-state index in [4.69, 9.17) is 0 Å². The normalized spacial score (nSPS) is 12.5. The van der Waals surface area contributed by atoms with Gasteiger partial charge in [0.25, 0.3) is 0 Å². The summed E-state index contributed by atoms with van der Waals surface area (Å²) in [6, 6.07) is 7.24. The maximum Gasteiger partial charge on any atom is 0.411 e. The van der Waals surface area contributed by atoms with E-state index in [1.54, 1.807) is 12.1 Å². The zero-order valence-corrected chi connectivity index (χ0v) is 15.1. The van der Waals surface area contributed by atoms with Crippen LogP contribution in [-0.4, -0.2) is 31.8 Å². The number of ether oxygens (including phenoxy) is 1. The Hall–Kier alpha value is -1.76. The molecule has 0 atom stereocenters. The predicted octanol–water partition coefficient (Wildman–Crippen LogP) is 3.87. The third-order valence-corrected chi connectivity index (χ3v) is 3.34. The summed E-state index contributed by atoms with van der Waals surface area (Å²) in [5.74, 6) is 1.39. The Balaban J connectivity index is 2.48. The number of aliphatic imine (C=N–C) groups is 1. The quantitative estimate of drug-likeness (QED) is 0.520. The molecule has 0 amide bonds. The van der Waals surface area contributed by atoms with Gasteiger partial charge in [-0.25, -0.2) is 4.99 Å². The molecular weight excluding hydrogens is 331 g/mol. The molecule has 0 heterocycles. The van der Waals surface area contributed by atoms with E-state index in [2.05, 4.69) is 34.2 Å². The van der Waals surface area contributed by atoms with Crippen molar-refractivity contribution in [1.82, 2.24) is 10.6 Å². The SMILES string of the molecule is CCNC(=NCc1ccc(COCC(F)(F)F)cc1)NCCC(C)C. The first kappa shape index (κ1) is 21.3. The van der Waals surface area contributed by atoms with E-state index in [-0.39, 0.29) is 6.61 Å². The number of nitrogens with one attached hydrogen (secondary N) is 2. The molecule has 0 aliphatic heterocycles. The van der Waals surface area contributed by atoms with Gasteiger partial charge in [0.2, 0.25) is 0 Å². The minimum Gasteiger partial charge on any atom is -0.367 e. The summed E-state index contributed by atoms with van der Waals surface area (Å²) in [6.45, 7) is 7.21.